The van der Waals surface area contributed by atoms with Gasteiger partial charge >= 0.3 is 0 Å². The van der Waals surface area contributed by atoms with Crippen molar-refractivity contribution < 1.29 is 4.79 Å². The van der Waals surface area contributed by atoms with E-state index >= 15 is 0 Å². The summed E-state index contributed by atoms with van der Waals surface area (Å²) in [7, 11) is 0. The van der Waals surface area contributed by atoms with E-state index in [0.29, 0.717) is 17.9 Å². The van der Waals surface area contributed by atoms with E-state index in [-0.39, 0.29) is 11.8 Å². The molecular formula is C17H15BrN6O. The third kappa shape index (κ3) is 3.78. The maximum atomic E-state index is 12.6. The Bertz CT molecular complexity index is 924. The summed E-state index contributed by atoms with van der Waals surface area (Å²) in [5, 5.41) is 20.5. The Morgan fingerprint density at radius 1 is 1.32 bits per heavy atom. The van der Waals surface area contributed by atoms with Gasteiger partial charge in [0.15, 0.2) is 5.82 Å². The topological polar surface area (TPSA) is 88.5 Å². The van der Waals surface area contributed by atoms with Crippen LogP contribution in [0.4, 0.5) is 5.82 Å². The van der Waals surface area contributed by atoms with Crippen molar-refractivity contribution in [3.63, 3.8) is 0 Å². The lowest BCUT2D eigenvalue weighted by Crippen LogP contribution is -2.26. The maximum absolute atomic E-state index is 12.6. The van der Waals surface area contributed by atoms with Gasteiger partial charge in [-0.05, 0) is 28.1 Å². The van der Waals surface area contributed by atoms with Gasteiger partial charge in [-0.25, -0.2) is 4.68 Å². The Hall–Kier alpha value is -2.92. The van der Waals surface area contributed by atoms with Gasteiger partial charge in [-0.15, -0.1) is 0 Å². The molecule has 126 valence electrons. The summed E-state index contributed by atoms with van der Waals surface area (Å²) in [6.07, 6.45) is 4.92. The van der Waals surface area contributed by atoms with E-state index in [2.05, 4.69) is 37.5 Å². The molecular weight excluding hydrogens is 384 g/mol. The number of hydrogen-bond donors (Lipinski definition) is 1. The van der Waals surface area contributed by atoms with Crippen molar-refractivity contribution in [3.8, 4) is 11.8 Å². The van der Waals surface area contributed by atoms with E-state index < -0.39 is 0 Å². The fourth-order valence-corrected chi connectivity index (χ4v) is 2.69. The Balaban J connectivity index is 1.81. The Kier molecular flexibility index (Phi) is 4.95. The lowest BCUT2D eigenvalue weighted by molar-refractivity contribution is -0.119. The summed E-state index contributed by atoms with van der Waals surface area (Å²) in [5.74, 6) is -0.175. The van der Waals surface area contributed by atoms with Crippen molar-refractivity contribution in [2.45, 2.75) is 13.5 Å². The van der Waals surface area contributed by atoms with Crippen LogP contribution in [0.2, 0.25) is 0 Å². The van der Waals surface area contributed by atoms with E-state index in [0.717, 1.165) is 10.2 Å². The first-order valence-electron chi connectivity index (χ1n) is 7.61. The molecule has 1 aromatic carbocycles. The second-order valence-electron chi connectivity index (χ2n) is 5.54. The molecule has 0 aliphatic rings. The van der Waals surface area contributed by atoms with E-state index in [1.807, 2.05) is 30.3 Å². The molecule has 1 N–H and O–H groups in total. The van der Waals surface area contributed by atoms with Gasteiger partial charge in [0.25, 0.3) is 0 Å². The van der Waals surface area contributed by atoms with Gasteiger partial charge in [0, 0.05) is 6.20 Å². The van der Waals surface area contributed by atoms with Gasteiger partial charge in [-0.2, -0.15) is 15.5 Å². The van der Waals surface area contributed by atoms with Gasteiger partial charge in [0.05, 0.1) is 35.0 Å². The summed E-state index contributed by atoms with van der Waals surface area (Å²) in [6.45, 7) is 2.24. The van der Waals surface area contributed by atoms with E-state index in [9.17, 15) is 10.1 Å². The third-order valence-corrected chi connectivity index (χ3v) is 4.05. The Morgan fingerprint density at radius 2 is 2.08 bits per heavy atom. The summed E-state index contributed by atoms with van der Waals surface area (Å²) in [5.41, 5.74) is 1.08. The molecule has 1 unspecified atom stereocenters. The van der Waals surface area contributed by atoms with Crippen molar-refractivity contribution in [3.05, 3.63) is 59.0 Å². The van der Waals surface area contributed by atoms with Gasteiger partial charge in [-0.3, -0.25) is 9.48 Å². The first kappa shape index (κ1) is 16.9. The molecule has 3 rings (SSSR count). The number of nitrogens with zero attached hydrogens (tertiary/aromatic N) is 5. The Labute approximate surface area is 153 Å². The molecule has 1 atom stereocenters. The molecule has 0 radical (unpaired) electrons. The molecule has 8 heteroatoms. The summed E-state index contributed by atoms with van der Waals surface area (Å²) >= 11 is 3.33. The first-order chi connectivity index (χ1) is 12.1. The van der Waals surface area contributed by atoms with E-state index in [1.165, 1.54) is 6.20 Å². The summed E-state index contributed by atoms with van der Waals surface area (Å²) in [4.78, 5) is 12.6. The number of amides is 1. The monoisotopic (exact) mass is 398 g/mol. The molecule has 2 aromatic heterocycles. The number of carbonyl (C=O) groups excluding carboxylic acids is 1. The number of anilines is 1. The highest BCUT2D eigenvalue weighted by atomic mass is 79.9. The fourth-order valence-electron chi connectivity index (χ4n) is 2.36. The largest absolute Gasteiger partial charge is 0.309 e. The second-order valence-corrected chi connectivity index (χ2v) is 6.45. The van der Waals surface area contributed by atoms with Crippen molar-refractivity contribution in [2.75, 3.05) is 5.32 Å². The van der Waals surface area contributed by atoms with Crippen LogP contribution in [0.25, 0.3) is 5.69 Å². The summed E-state index contributed by atoms with van der Waals surface area (Å²) in [6, 6.07) is 11.4. The molecule has 0 bridgehead atoms. The van der Waals surface area contributed by atoms with Crippen LogP contribution >= 0.6 is 15.9 Å². The molecule has 0 aliphatic heterocycles. The lowest BCUT2D eigenvalue weighted by Gasteiger charge is -2.14. The van der Waals surface area contributed by atoms with Crippen LogP contribution in [-0.4, -0.2) is 25.5 Å². The molecule has 0 spiro atoms. The third-order valence-electron chi connectivity index (χ3n) is 3.64. The number of nitriles is 1. The molecule has 0 aliphatic carbocycles. The SMILES string of the molecule is CC(Cn1cc(Br)cn1)C(=O)Nc1c(C#N)cnn1-c1ccccc1. The van der Waals surface area contributed by atoms with Crippen LogP contribution < -0.4 is 5.32 Å². The van der Waals surface area contributed by atoms with Crippen molar-refractivity contribution in [2.24, 2.45) is 5.92 Å². The van der Waals surface area contributed by atoms with Crippen LogP contribution in [0.5, 0.6) is 0 Å². The van der Waals surface area contributed by atoms with E-state index in [1.54, 1.807) is 28.7 Å². The predicted octanol–water partition coefficient (Wildman–Crippen LogP) is 2.98. The van der Waals surface area contributed by atoms with Crippen LogP contribution in [0.1, 0.15) is 12.5 Å². The maximum Gasteiger partial charge on any atom is 0.230 e. The number of rotatable bonds is 5. The van der Waals surface area contributed by atoms with Gasteiger partial charge in [-0.1, -0.05) is 25.1 Å². The van der Waals surface area contributed by atoms with Crippen molar-refractivity contribution >= 4 is 27.7 Å². The van der Waals surface area contributed by atoms with Crippen LogP contribution in [-0.2, 0) is 11.3 Å². The van der Waals surface area contributed by atoms with Crippen LogP contribution in [0.3, 0.4) is 0 Å². The van der Waals surface area contributed by atoms with Crippen molar-refractivity contribution in [1.82, 2.24) is 19.6 Å². The quantitative estimate of drug-likeness (QED) is 0.715. The highest BCUT2D eigenvalue weighted by molar-refractivity contribution is 9.10. The standard InChI is InChI=1S/C17H15BrN6O/c1-12(10-23-11-14(18)9-20-23)17(25)22-16-13(7-19)8-21-24(16)15-5-3-2-4-6-15/h2-6,8-9,11-12H,10H2,1H3,(H,22,25). The lowest BCUT2D eigenvalue weighted by atomic mass is 10.1. The number of benzene rings is 1. The average molecular weight is 399 g/mol. The van der Waals surface area contributed by atoms with Gasteiger partial charge < -0.3 is 5.32 Å². The number of nitrogens with one attached hydrogen (secondary N) is 1. The zero-order valence-electron chi connectivity index (χ0n) is 13.4. The number of carbonyl (C=O) groups is 1. The van der Waals surface area contributed by atoms with E-state index in [4.69, 9.17) is 0 Å². The Morgan fingerprint density at radius 3 is 2.72 bits per heavy atom. The van der Waals surface area contributed by atoms with Gasteiger partial charge in [0.1, 0.15) is 11.6 Å². The minimum atomic E-state index is -0.336. The second kappa shape index (κ2) is 7.32. The zero-order valence-corrected chi connectivity index (χ0v) is 15.0. The average Bonchev–Trinajstić information content (AvgIpc) is 3.21. The highest BCUT2D eigenvalue weighted by Gasteiger charge is 2.19. The molecule has 7 nitrogen and oxygen atoms in total. The zero-order chi connectivity index (χ0) is 17.8. The minimum Gasteiger partial charge on any atom is -0.309 e. The summed E-state index contributed by atoms with van der Waals surface area (Å²) < 4.78 is 4.09. The molecule has 3 aromatic rings. The number of para-hydroxylation sites is 1. The molecule has 0 saturated heterocycles. The molecule has 25 heavy (non-hydrogen) atoms. The number of aromatic nitrogens is 4. The molecule has 1 amide bonds. The number of hydrogen-bond acceptors (Lipinski definition) is 4. The molecule has 0 fully saturated rings. The van der Waals surface area contributed by atoms with Crippen LogP contribution in [0.15, 0.2) is 53.4 Å². The fraction of sp³-hybridized carbons (Fsp3) is 0.176. The smallest absolute Gasteiger partial charge is 0.230 e. The van der Waals surface area contributed by atoms with Crippen molar-refractivity contribution in [1.29, 1.82) is 5.26 Å². The molecule has 0 saturated carbocycles. The van der Waals surface area contributed by atoms with Gasteiger partial charge in [0.2, 0.25) is 5.91 Å². The van der Waals surface area contributed by atoms with Crippen LogP contribution in [0, 0.1) is 17.2 Å². The normalized spacial score (nSPS) is 11.7. The first-order valence-corrected chi connectivity index (χ1v) is 8.40. The molecule has 2 heterocycles. The highest BCUT2D eigenvalue weighted by Crippen LogP contribution is 2.20. The number of halogens is 1. The predicted molar refractivity (Wildman–Crippen MR) is 96.0 cm³/mol. The minimum absolute atomic E-state index is 0.208.